The van der Waals surface area contributed by atoms with Gasteiger partial charge >= 0.3 is 0 Å². The van der Waals surface area contributed by atoms with Gasteiger partial charge in [0.25, 0.3) is 0 Å². The molecule has 0 unspecified atom stereocenters. The highest BCUT2D eigenvalue weighted by atomic mass is 16.2. The summed E-state index contributed by atoms with van der Waals surface area (Å²) in [7, 11) is 0. The highest BCUT2D eigenvalue weighted by molar-refractivity contribution is 5.83. The van der Waals surface area contributed by atoms with Gasteiger partial charge in [-0.2, -0.15) is 0 Å². The molecule has 0 rings (SSSR count). The van der Waals surface area contributed by atoms with E-state index in [1.165, 1.54) is 6.92 Å². The molecule has 3 heteroatoms. The Morgan fingerprint density at radius 3 is 1.86 bits per heavy atom. The van der Waals surface area contributed by atoms with Crippen LogP contribution >= 0.6 is 0 Å². The molecule has 0 heterocycles. The standard InChI is InChI=1S/C11H21NO2/c1-4-8-12(9-5-2)11(14)7-6-10(3)13/h4-9H2,1-3H3. The SMILES string of the molecule is CCCN(CCC)C(=O)CCC(C)=O. The van der Waals surface area contributed by atoms with Crippen LogP contribution in [0.5, 0.6) is 0 Å². The summed E-state index contributed by atoms with van der Waals surface area (Å²) in [6, 6.07) is 0. The Hall–Kier alpha value is -0.860. The number of carbonyl (C=O) groups excluding carboxylic acids is 2. The summed E-state index contributed by atoms with van der Waals surface area (Å²) in [5.41, 5.74) is 0. The van der Waals surface area contributed by atoms with E-state index in [9.17, 15) is 9.59 Å². The fraction of sp³-hybridized carbons (Fsp3) is 0.818. The summed E-state index contributed by atoms with van der Waals surface area (Å²) in [6.07, 6.45) is 2.70. The minimum atomic E-state index is 0.0892. The van der Waals surface area contributed by atoms with Crippen LogP contribution in [-0.2, 0) is 9.59 Å². The van der Waals surface area contributed by atoms with Gasteiger partial charge < -0.3 is 9.69 Å². The van der Waals surface area contributed by atoms with Gasteiger partial charge in [-0.15, -0.1) is 0 Å². The first kappa shape index (κ1) is 13.1. The molecular formula is C11H21NO2. The number of ketones is 1. The number of Topliss-reactive ketones (excluding diaryl/α,β-unsaturated/α-hetero) is 1. The second kappa shape index (κ2) is 7.54. The molecule has 0 saturated carbocycles. The lowest BCUT2D eigenvalue weighted by Crippen LogP contribution is -2.32. The lowest BCUT2D eigenvalue weighted by Gasteiger charge is -2.21. The van der Waals surface area contributed by atoms with Gasteiger partial charge in [0.05, 0.1) is 0 Å². The van der Waals surface area contributed by atoms with Crippen molar-refractivity contribution >= 4 is 11.7 Å². The van der Waals surface area contributed by atoms with Crippen LogP contribution in [0.3, 0.4) is 0 Å². The summed E-state index contributed by atoms with van der Waals surface area (Å²) in [4.78, 5) is 24.2. The maximum absolute atomic E-state index is 11.6. The van der Waals surface area contributed by atoms with Gasteiger partial charge in [-0.05, 0) is 19.8 Å². The summed E-state index contributed by atoms with van der Waals surface area (Å²) in [6.45, 7) is 7.26. The van der Waals surface area contributed by atoms with E-state index in [0.29, 0.717) is 12.8 Å². The average Bonchev–Trinajstić information content (AvgIpc) is 2.14. The van der Waals surface area contributed by atoms with Crippen LogP contribution in [-0.4, -0.2) is 29.7 Å². The second-order valence-electron chi connectivity index (χ2n) is 3.58. The quantitative estimate of drug-likeness (QED) is 0.629. The number of amides is 1. The molecule has 0 spiro atoms. The topological polar surface area (TPSA) is 37.4 Å². The van der Waals surface area contributed by atoms with Crippen LogP contribution in [0, 0.1) is 0 Å². The number of hydrogen-bond donors (Lipinski definition) is 0. The van der Waals surface area contributed by atoms with Crippen LogP contribution in [0.4, 0.5) is 0 Å². The molecule has 0 aliphatic carbocycles. The van der Waals surface area contributed by atoms with Gasteiger partial charge in [-0.25, -0.2) is 0 Å². The van der Waals surface area contributed by atoms with E-state index < -0.39 is 0 Å². The van der Waals surface area contributed by atoms with Crippen molar-refractivity contribution in [1.82, 2.24) is 4.90 Å². The van der Waals surface area contributed by atoms with Crippen molar-refractivity contribution in [3.05, 3.63) is 0 Å². The van der Waals surface area contributed by atoms with Gasteiger partial charge in [-0.1, -0.05) is 13.8 Å². The van der Waals surface area contributed by atoms with E-state index in [1.807, 2.05) is 4.90 Å². The van der Waals surface area contributed by atoms with Crippen LogP contribution in [0.2, 0.25) is 0 Å². The maximum Gasteiger partial charge on any atom is 0.223 e. The van der Waals surface area contributed by atoms with Crippen molar-refractivity contribution in [2.24, 2.45) is 0 Å². The zero-order valence-electron chi connectivity index (χ0n) is 9.51. The van der Waals surface area contributed by atoms with Crippen LogP contribution in [0.25, 0.3) is 0 Å². The monoisotopic (exact) mass is 199 g/mol. The normalized spacial score (nSPS) is 9.93. The Bertz CT molecular complexity index is 184. The highest BCUT2D eigenvalue weighted by Gasteiger charge is 2.11. The molecule has 0 N–H and O–H groups in total. The summed E-state index contributed by atoms with van der Waals surface area (Å²) >= 11 is 0. The third-order valence-electron chi connectivity index (χ3n) is 2.03. The number of nitrogens with zero attached hydrogens (tertiary/aromatic N) is 1. The fourth-order valence-electron chi connectivity index (χ4n) is 1.34. The van der Waals surface area contributed by atoms with Crippen molar-refractivity contribution in [1.29, 1.82) is 0 Å². The Morgan fingerprint density at radius 1 is 1.00 bits per heavy atom. The average molecular weight is 199 g/mol. The molecule has 0 fully saturated rings. The Kier molecular flexibility index (Phi) is 7.07. The minimum absolute atomic E-state index is 0.0892. The van der Waals surface area contributed by atoms with E-state index in [0.717, 1.165) is 25.9 Å². The third kappa shape index (κ3) is 5.73. The lowest BCUT2D eigenvalue weighted by atomic mass is 10.2. The van der Waals surface area contributed by atoms with Gasteiger partial charge in [0.15, 0.2) is 0 Å². The van der Waals surface area contributed by atoms with E-state index in [-0.39, 0.29) is 11.7 Å². The van der Waals surface area contributed by atoms with E-state index >= 15 is 0 Å². The number of hydrogen-bond acceptors (Lipinski definition) is 2. The molecule has 0 aliphatic heterocycles. The van der Waals surface area contributed by atoms with Gasteiger partial charge in [0.2, 0.25) is 5.91 Å². The molecule has 0 atom stereocenters. The largest absolute Gasteiger partial charge is 0.343 e. The highest BCUT2D eigenvalue weighted by Crippen LogP contribution is 2.01. The molecule has 82 valence electrons. The van der Waals surface area contributed by atoms with Crippen LogP contribution in [0.1, 0.15) is 46.5 Å². The van der Waals surface area contributed by atoms with Crippen LogP contribution in [0.15, 0.2) is 0 Å². The van der Waals surface area contributed by atoms with Crippen molar-refractivity contribution in [3.63, 3.8) is 0 Å². The first-order valence-corrected chi connectivity index (χ1v) is 5.39. The molecule has 14 heavy (non-hydrogen) atoms. The van der Waals surface area contributed by atoms with Gasteiger partial charge in [0, 0.05) is 25.9 Å². The Balaban J connectivity index is 3.94. The van der Waals surface area contributed by atoms with E-state index in [2.05, 4.69) is 13.8 Å². The van der Waals surface area contributed by atoms with Gasteiger partial charge in [-0.3, -0.25) is 4.79 Å². The molecule has 0 aliphatic rings. The molecular weight excluding hydrogens is 178 g/mol. The molecule has 0 bridgehead atoms. The molecule has 0 aromatic heterocycles. The zero-order valence-corrected chi connectivity index (χ0v) is 9.51. The van der Waals surface area contributed by atoms with Crippen molar-refractivity contribution in [2.45, 2.75) is 46.5 Å². The maximum atomic E-state index is 11.6. The van der Waals surface area contributed by atoms with E-state index in [1.54, 1.807) is 0 Å². The lowest BCUT2D eigenvalue weighted by molar-refractivity contribution is -0.133. The predicted molar refractivity (Wildman–Crippen MR) is 57.1 cm³/mol. The summed E-state index contributed by atoms with van der Waals surface area (Å²) in [5.74, 6) is 0.204. The molecule has 1 amide bonds. The fourth-order valence-corrected chi connectivity index (χ4v) is 1.34. The summed E-state index contributed by atoms with van der Waals surface area (Å²) in [5, 5.41) is 0. The summed E-state index contributed by atoms with van der Waals surface area (Å²) < 4.78 is 0. The number of rotatable bonds is 7. The minimum Gasteiger partial charge on any atom is -0.343 e. The number of carbonyl (C=O) groups is 2. The first-order chi connectivity index (χ1) is 6.61. The third-order valence-corrected chi connectivity index (χ3v) is 2.03. The molecule has 0 radical (unpaired) electrons. The van der Waals surface area contributed by atoms with Crippen molar-refractivity contribution < 1.29 is 9.59 Å². The van der Waals surface area contributed by atoms with Gasteiger partial charge in [0.1, 0.15) is 5.78 Å². The van der Waals surface area contributed by atoms with Crippen LogP contribution < -0.4 is 0 Å². The zero-order chi connectivity index (χ0) is 11.0. The second-order valence-corrected chi connectivity index (χ2v) is 3.58. The molecule has 0 saturated heterocycles. The Labute approximate surface area is 86.5 Å². The molecule has 0 aromatic rings. The smallest absolute Gasteiger partial charge is 0.223 e. The molecule has 3 nitrogen and oxygen atoms in total. The van der Waals surface area contributed by atoms with Crippen molar-refractivity contribution in [3.8, 4) is 0 Å². The first-order valence-electron chi connectivity index (χ1n) is 5.39. The predicted octanol–water partition coefficient (Wildman–Crippen LogP) is 2.00. The van der Waals surface area contributed by atoms with Crippen molar-refractivity contribution in [2.75, 3.05) is 13.1 Å². The molecule has 0 aromatic carbocycles. The van der Waals surface area contributed by atoms with E-state index in [4.69, 9.17) is 0 Å². The Morgan fingerprint density at radius 2 is 1.50 bits per heavy atom.